The molecule has 3 aromatic carbocycles. The molecular formula is C25H20Cl2N2O2S. The molecule has 7 heteroatoms. The Hall–Kier alpha value is -2.47. The molecule has 0 saturated carbocycles. The standard InChI is InChI=1S/C25H20Cl2N2O2S/c1-16-2-4-17(5-3-16)15-28-22-11-10-20(27)14-21(22)25(24(28)31)29(12-13-32-25)23(30)18-6-8-19(26)9-7-18/h2-11,14H,12-13,15H2,1H3. The van der Waals surface area contributed by atoms with Gasteiger partial charge in [-0.2, -0.15) is 0 Å². The lowest BCUT2D eigenvalue weighted by Crippen LogP contribution is -2.50. The van der Waals surface area contributed by atoms with Crippen molar-refractivity contribution in [3.8, 4) is 0 Å². The van der Waals surface area contributed by atoms with Crippen LogP contribution < -0.4 is 4.90 Å². The molecule has 2 aliphatic rings. The van der Waals surface area contributed by atoms with Gasteiger partial charge in [-0.1, -0.05) is 53.0 Å². The number of halogens is 2. The maximum absolute atomic E-state index is 14.0. The Kier molecular flexibility index (Phi) is 5.44. The van der Waals surface area contributed by atoms with Crippen molar-refractivity contribution in [1.82, 2.24) is 4.90 Å². The number of aryl methyl sites for hydroxylation is 1. The molecular weight excluding hydrogens is 463 g/mol. The van der Waals surface area contributed by atoms with E-state index in [1.165, 1.54) is 11.8 Å². The largest absolute Gasteiger partial charge is 0.311 e. The zero-order valence-corrected chi connectivity index (χ0v) is 19.7. The Bertz CT molecular complexity index is 1210. The van der Waals surface area contributed by atoms with E-state index in [1.807, 2.05) is 43.3 Å². The maximum atomic E-state index is 14.0. The molecule has 1 atom stereocenters. The first-order valence-corrected chi connectivity index (χ1v) is 12.0. The minimum absolute atomic E-state index is 0.111. The van der Waals surface area contributed by atoms with Crippen molar-refractivity contribution in [2.24, 2.45) is 0 Å². The Labute approximate surface area is 201 Å². The van der Waals surface area contributed by atoms with E-state index in [2.05, 4.69) is 0 Å². The molecule has 0 radical (unpaired) electrons. The van der Waals surface area contributed by atoms with Gasteiger partial charge >= 0.3 is 0 Å². The van der Waals surface area contributed by atoms with E-state index in [0.717, 1.165) is 22.4 Å². The van der Waals surface area contributed by atoms with E-state index in [1.54, 1.807) is 40.1 Å². The summed E-state index contributed by atoms with van der Waals surface area (Å²) in [5.74, 6) is 0.360. The van der Waals surface area contributed by atoms with Gasteiger partial charge in [-0.15, -0.1) is 11.8 Å². The Morgan fingerprint density at radius 2 is 1.69 bits per heavy atom. The molecule has 1 fully saturated rings. The lowest BCUT2D eigenvalue weighted by atomic mass is 10.0. The molecule has 1 unspecified atom stereocenters. The molecule has 0 N–H and O–H groups in total. The summed E-state index contributed by atoms with van der Waals surface area (Å²) in [4.78, 5) is 29.9. The number of hydrogen-bond acceptors (Lipinski definition) is 3. The number of amides is 2. The predicted molar refractivity (Wildman–Crippen MR) is 130 cm³/mol. The number of anilines is 1. The molecule has 162 valence electrons. The number of carbonyl (C=O) groups excluding carboxylic acids is 2. The van der Waals surface area contributed by atoms with Crippen molar-refractivity contribution in [2.75, 3.05) is 17.2 Å². The highest BCUT2D eigenvalue weighted by Crippen LogP contribution is 2.55. The zero-order chi connectivity index (χ0) is 22.5. The molecule has 1 saturated heterocycles. The monoisotopic (exact) mass is 482 g/mol. The third-order valence-electron chi connectivity index (χ3n) is 5.95. The van der Waals surface area contributed by atoms with Crippen molar-refractivity contribution in [3.63, 3.8) is 0 Å². The second kappa shape index (κ2) is 8.14. The van der Waals surface area contributed by atoms with Crippen LogP contribution in [0.4, 0.5) is 5.69 Å². The minimum atomic E-state index is -1.12. The Morgan fingerprint density at radius 3 is 2.41 bits per heavy atom. The van der Waals surface area contributed by atoms with Crippen molar-refractivity contribution >= 4 is 52.5 Å². The average Bonchev–Trinajstić information content (AvgIpc) is 3.32. The molecule has 2 amide bonds. The predicted octanol–water partition coefficient (Wildman–Crippen LogP) is 5.89. The maximum Gasteiger partial charge on any atom is 0.268 e. The summed E-state index contributed by atoms with van der Waals surface area (Å²) in [6.45, 7) is 2.94. The molecule has 4 nitrogen and oxygen atoms in total. The summed E-state index contributed by atoms with van der Waals surface area (Å²) in [6.07, 6.45) is 0. The number of fused-ring (bicyclic) bond motifs is 2. The molecule has 0 aromatic heterocycles. The van der Waals surface area contributed by atoms with E-state index in [4.69, 9.17) is 23.2 Å². The van der Waals surface area contributed by atoms with Crippen molar-refractivity contribution in [1.29, 1.82) is 0 Å². The fraction of sp³-hybridized carbons (Fsp3) is 0.200. The highest BCUT2D eigenvalue weighted by molar-refractivity contribution is 8.01. The normalized spacial score (nSPS) is 19.7. The van der Waals surface area contributed by atoms with E-state index < -0.39 is 4.87 Å². The lowest BCUT2D eigenvalue weighted by molar-refractivity contribution is -0.123. The van der Waals surface area contributed by atoms with Crippen LogP contribution in [0.15, 0.2) is 66.7 Å². The highest BCUT2D eigenvalue weighted by Gasteiger charge is 2.59. The first-order valence-electron chi connectivity index (χ1n) is 10.3. The number of hydrogen-bond donors (Lipinski definition) is 0. The summed E-state index contributed by atoms with van der Waals surface area (Å²) in [5.41, 5.74) is 4.26. The number of carbonyl (C=O) groups is 2. The van der Waals surface area contributed by atoms with Crippen LogP contribution in [0.3, 0.4) is 0 Å². The summed E-state index contributed by atoms with van der Waals surface area (Å²) >= 11 is 13.9. The second-order valence-electron chi connectivity index (χ2n) is 7.99. The fourth-order valence-corrected chi connectivity index (χ4v) is 6.12. The minimum Gasteiger partial charge on any atom is -0.311 e. The fourth-order valence-electron chi connectivity index (χ4n) is 4.37. The molecule has 5 rings (SSSR count). The lowest BCUT2D eigenvalue weighted by Gasteiger charge is -2.33. The summed E-state index contributed by atoms with van der Waals surface area (Å²) in [5, 5.41) is 1.10. The van der Waals surface area contributed by atoms with Crippen molar-refractivity contribution in [3.05, 3.63) is 99.0 Å². The summed E-state index contributed by atoms with van der Waals surface area (Å²) in [7, 11) is 0. The smallest absolute Gasteiger partial charge is 0.268 e. The van der Waals surface area contributed by atoms with Gasteiger partial charge < -0.3 is 9.80 Å². The van der Waals surface area contributed by atoms with Gasteiger partial charge in [-0.25, -0.2) is 0 Å². The summed E-state index contributed by atoms with van der Waals surface area (Å²) in [6, 6.07) is 20.4. The molecule has 3 aromatic rings. The van der Waals surface area contributed by atoms with Gasteiger partial charge in [0, 0.05) is 33.5 Å². The zero-order valence-electron chi connectivity index (χ0n) is 17.3. The molecule has 32 heavy (non-hydrogen) atoms. The Balaban J connectivity index is 1.58. The van der Waals surface area contributed by atoms with Crippen LogP contribution in [-0.2, 0) is 16.2 Å². The molecule has 0 aliphatic carbocycles. The topological polar surface area (TPSA) is 40.6 Å². The van der Waals surface area contributed by atoms with E-state index in [-0.39, 0.29) is 11.8 Å². The third kappa shape index (κ3) is 3.40. The van der Waals surface area contributed by atoms with Gasteiger partial charge in [-0.3, -0.25) is 9.59 Å². The average molecular weight is 483 g/mol. The van der Waals surface area contributed by atoms with Crippen molar-refractivity contribution in [2.45, 2.75) is 18.3 Å². The SMILES string of the molecule is Cc1ccc(CN2C(=O)C3(SCCN3C(=O)c3ccc(Cl)cc3)c3cc(Cl)ccc32)cc1. The molecule has 2 aliphatic heterocycles. The second-order valence-corrected chi connectivity index (χ2v) is 10.2. The number of rotatable bonds is 3. The summed E-state index contributed by atoms with van der Waals surface area (Å²) < 4.78 is 0. The van der Waals surface area contributed by atoms with E-state index in [9.17, 15) is 9.59 Å². The van der Waals surface area contributed by atoms with Gasteiger partial charge in [0.2, 0.25) is 0 Å². The number of thioether (sulfide) groups is 1. The van der Waals surface area contributed by atoms with E-state index in [0.29, 0.717) is 34.5 Å². The van der Waals surface area contributed by atoms with Gasteiger partial charge in [-0.05, 0) is 55.0 Å². The van der Waals surface area contributed by atoms with Gasteiger partial charge in [0.1, 0.15) is 0 Å². The third-order valence-corrected chi connectivity index (χ3v) is 7.86. The first kappa shape index (κ1) is 21.4. The molecule has 1 spiro atoms. The number of nitrogens with zero attached hydrogens (tertiary/aromatic N) is 2. The van der Waals surface area contributed by atoms with Gasteiger partial charge in [0.25, 0.3) is 11.8 Å². The first-order chi connectivity index (χ1) is 15.4. The quantitative estimate of drug-likeness (QED) is 0.467. The van der Waals surface area contributed by atoms with Gasteiger partial charge in [0.05, 0.1) is 12.2 Å². The van der Waals surface area contributed by atoms with Crippen LogP contribution in [0.2, 0.25) is 10.0 Å². The van der Waals surface area contributed by atoms with E-state index >= 15 is 0 Å². The molecule has 0 bridgehead atoms. The van der Waals surface area contributed by atoms with Crippen LogP contribution in [0, 0.1) is 6.92 Å². The van der Waals surface area contributed by atoms with Crippen LogP contribution >= 0.6 is 35.0 Å². The van der Waals surface area contributed by atoms with Crippen LogP contribution in [-0.4, -0.2) is 29.0 Å². The van der Waals surface area contributed by atoms with Crippen molar-refractivity contribution < 1.29 is 9.59 Å². The number of benzene rings is 3. The Morgan fingerprint density at radius 1 is 1.00 bits per heavy atom. The van der Waals surface area contributed by atoms with Crippen LogP contribution in [0.1, 0.15) is 27.0 Å². The highest BCUT2D eigenvalue weighted by atomic mass is 35.5. The van der Waals surface area contributed by atoms with Crippen LogP contribution in [0.25, 0.3) is 0 Å². The molecule has 2 heterocycles. The van der Waals surface area contributed by atoms with Gasteiger partial charge in [0.15, 0.2) is 4.87 Å². The van der Waals surface area contributed by atoms with Crippen LogP contribution in [0.5, 0.6) is 0 Å².